The topological polar surface area (TPSA) is 73.8 Å². The number of aromatic nitrogens is 4. The van der Waals surface area contributed by atoms with Crippen molar-refractivity contribution in [2.75, 3.05) is 0 Å². The van der Waals surface area contributed by atoms with Gasteiger partial charge in [0.15, 0.2) is 5.16 Å². The number of hydrogen-bond donors (Lipinski definition) is 0. The highest BCUT2D eigenvalue weighted by atomic mass is 35.5. The van der Waals surface area contributed by atoms with Crippen LogP contribution in [0.3, 0.4) is 0 Å². The average Bonchev–Trinajstić information content (AvgIpc) is 3.29. The van der Waals surface area contributed by atoms with Crippen molar-refractivity contribution in [3.05, 3.63) is 99.1 Å². The zero-order valence-corrected chi connectivity index (χ0v) is 19.5. The van der Waals surface area contributed by atoms with E-state index in [0.29, 0.717) is 44.2 Å². The van der Waals surface area contributed by atoms with Crippen LogP contribution in [0, 0.1) is 13.8 Å². The maximum absolute atomic E-state index is 13.4. The van der Waals surface area contributed by atoms with Gasteiger partial charge in [0.05, 0.1) is 32.9 Å². The summed E-state index contributed by atoms with van der Waals surface area (Å²) in [7, 11) is 0. The van der Waals surface area contributed by atoms with Gasteiger partial charge in [0.25, 0.3) is 5.56 Å². The van der Waals surface area contributed by atoms with Crippen LogP contribution in [0.4, 0.5) is 0 Å². The molecule has 5 rings (SSSR count). The van der Waals surface area contributed by atoms with Crippen LogP contribution in [0.2, 0.25) is 5.02 Å². The van der Waals surface area contributed by atoms with Crippen molar-refractivity contribution < 1.29 is 4.42 Å². The fraction of sp³-hybridized carbons (Fsp3) is 0.120. The second-order valence-electron chi connectivity index (χ2n) is 7.59. The molecule has 0 aliphatic carbocycles. The lowest BCUT2D eigenvalue weighted by Gasteiger charge is -2.14. The van der Waals surface area contributed by atoms with E-state index in [1.165, 1.54) is 11.8 Å². The number of hydrogen-bond acceptors (Lipinski definition) is 6. The van der Waals surface area contributed by atoms with Crippen LogP contribution >= 0.6 is 23.4 Å². The van der Waals surface area contributed by atoms with Gasteiger partial charge in [-0.2, -0.15) is 0 Å². The number of para-hydroxylation sites is 1. The Balaban J connectivity index is 1.53. The van der Waals surface area contributed by atoms with E-state index < -0.39 is 0 Å². The van der Waals surface area contributed by atoms with Crippen LogP contribution in [0.15, 0.2) is 81.1 Å². The molecule has 0 fully saturated rings. The van der Waals surface area contributed by atoms with E-state index >= 15 is 0 Å². The maximum atomic E-state index is 13.4. The molecule has 0 unspecified atom stereocenters. The summed E-state index contributed by atoms with van der Waals surface area (Å²) in [5.74, 6) is 1.13. The van der Waals surface area contributed by atoms with E-state index in [1.54, 1.807) is 16.7 Å². The Bertz CT molecular complexity index is 1540. The van der Waals surface area contributed by atoms with Gasteiger partial charge in [-0.15, -0.1) is 10.2 Å². The summed E-state index contributed by atoms with van der Waals surface area (Å²) in [6.45, 7) is 4.07. The monoisotopic (exact) mass is 474 g/mol. The summed E-state index contributed by atoms with van der Waals surface area (Å²) in [5, 5.41) is 9.94. The predicted octanol–water partition coefficient (Wildman–Crippen LogP) is 6.00. The van der Waals surface area contributed by atoms with Crippen LogP contribution in [0.1, 0.15) is 17.0 Å². The molecule has 0 spiro atoms. The first-order valence-electron chi connectivity index (χ1n) is 10.3. The van der Waals surface area contributed by atoms with E-state index in [9.17, 15) is 4.79 Å². The molecular formula is C25H19ClN4O2S. The van der Waals surface area contributed by atoms with Gasteiger partial charge >= 0.3 is 0 Å². The minimum atomic E-state index is -0.117. The summed E-state index contributed by atoms with van der Waals surface area (Å²) < 4.78 is 7.47. The fourth-order valence-electron chi connectivity index (χ4n) is 3.48. The van der Waals surface area contributed by atoms with Crippen molar-refractivity contribution in [3.63, 3.8) is 0 Å². The van der Waals surface area contributed by atoms with Crippen molar-refractivity contribution in [1.29, 1.82) is 0 Å². The Morgan fingerprint density at radius 3 is 2.58 bits per heavy atom. The van der Waals surface area contributed by atoms with Gasteiger partial charge in [0.1, 0.15) is 0 Å². The first kappa shape index (κ1) is 21.4. The minimum absolute atomic E-state index is 0.117. The average molecular weight is 475 g/mol. The number of aryl methyl sites for hydroxylation is 2. The molecule has 0 saturated heterocycles. The predicted molar refractivity (Wildman–Crippen MR) is 131 cm³/mol. The lowest BCUT2D eigenvalue weighted by Crippen LogP contribution is -2.22. The SMILES string of the molecule is Cc1ccc(-n2c(SCc3nnc(-c4ccccc4Cl)o3)nc3ccccc3c2=O)cc1C. The minimum Gasteiger partial charge on any atom is -0.420 e. The Kier molecular flexibility index (Phi) is 5.74. The molecule has 0 aliphatic rings. The van der Waals surface area contributed by atoms with Gasteiger partial charge in [-0.1, -0.05) is 53.7 Å². The highest BCUT2D eigenvalue weighted by molar-refractivity contribution is 7.98. The lowest BCUT2D eigenvalue weighted by molar-refractivity contribution is 0.528. The molecule has 0 saturated carbocycles. The third-order valence-electron chi connectivity index (χ3n) is 5.39. The number of benzene rings is 3. The quantitative estimate of drug-likeness (QED) is 0.230. The third kappa shape index (κ3) is 4.17. The van der Waals surface area contributed by atoms with Crippen molar-refractivity contribution in [1.82, 2.24) is 19.7 Å². The van der Waals surface area contributed by atoms with E-state index in [0.717, 1.165) is 16.8 Å². The molecular weight excluding hydrogens is 456 g/mol. The second-order valence-corrected chi connectivity index (χ2v) is 8.94. The Labute approximate surface area is 199 Å². The summed E-state index contributed by atoms with van der Waals surface area (Å²) in [6, 6.07) is 20.6. The lowest BCUT2D eigenvalue weighted by atomic mass is 10.1. The highest BCUT2D eigenvalue weighted by Gasteiger charge is 2.16. The first-order chi connectivity index (χ1) is 16.0. The van der Waals surface area contributed by atoms with Crippen molar-refractivity contribution in [3.8, 4) is 17.1 Å². The van der Waals surface area contributed by atoms with E-state index in [4.69, 9.17) is 21.0 Å². The van der Waals surface area contributed by atoms with Crippen LogP contribution in [0.25, 0.3) is 28.0 Å². The van der Waals surface area contributed by atoms with E-state index in [1.807, 2.05) is 68.4 Å². The number of fused-ring (bicyclic) bond motifs is 1. The summed E-state index contributed by atoms with van der Waals surface area (Å²) in [5.41, 5.74) is 4.24. The largest absolute Gasteiger partial charge is 0.420 e. The molecule has 33 heavy (non-hydrogen) atoms. The fourth-order valence-corrected chi connectivity index (χ4v) is 4.55. The Morgan fingerprint density at radius 2 is 1.76 bits per heavy atom. The highest BCUT2D eigenvalue weighted by Crippen LogP contribution is 2.29. The van der Waals surface area contributed by atoms with Crippen molar-refractivity contribution in [2.45, 2.75) is 24.8 Å². The molecule has 5 aromatic rings. The van der Waals surface area contributed by atoms with Gasteiger partial charge in [-0.25, -0.2) is 4.98 Å². The molecule has 2 aromatic heterocycles. The van der Waals surface area contributed by atoms with E-state index in [2.05, 4.69) is 10.2 Å². The van der Waals surface area contributed by atoms with Crippen LogP contribution in [0.5, 0.6) is 0 Å². The molecule has 8 heteroatoms. The maximum Gasteiger partial charge on any atom is 0.266 e. The molecule has 0 bridgehead atoms. The Morgan fingerprint density at radius 1 is 0.970 bits per heavy atom. The molecule has 164 valence electrons. The number of halogens is 1. The van der Waals surface area contributed by atoms with Gasteiger partial charge in [0, 0.05) is 0 Å². The molecule has 2 heterocycles. The smallest absolute Gasteiger partial charge is 0.266 e. The molecule has 3 aromatic carbocycles. The van der Waals surface area contributed by atoms with Gasteiger partial charge in [-0.05, 0) is 61.4 Å². The van der Waals surface area contributed by atoms with Crippen molar-refractivity contribution in [2.24, 2.45) is 0 Å². The van der Waals surface area contributed by atoms with Crippen LogP contribution < -0.4 is 5.56 Å². The third-order valence-corrected chi connectivity index (χ3v) is 6.64. The Hall–Kier alpha value is -3.42. The molecule has 0 radical (unpaired) electrons. The van der Waals surface area contributed by atoms with Gasteiger partial charge in [-0.3, -0.25) is 9.36 Å². The van der Waals surface area contributed by atoms with Gasteiger partial charge in [0.2, 0.25) is 11.8 Å². The summed E-state index contributed by atoms with van der Waals surface area (Å²) >= 11 is 7.61. The molecule has 0 atom stereocenters. The van der Waals surface area contributed by atoms with Crippen LogP contribution in [-0.4, -0.2) is 19.7 Å². The van der Waals surface area contributed by atoms with Gasteiger partial charge < -0.3 is 4.42 Å². The zero-order valence-electron chi connectivity index (χ0n) is 17.9. The normalized spacial score (nSPS) is 11.2. The van der Waals surface area contributed by atoms with E-state index in [-0.39, 0.29) is 5.56 Å². The summed E-state index contributed by atoms with van der Waals surface area (Å²) in [6.07, 6.45) is 0. The number of rotatable bonds is 5. The molecule has 0 N–H and O–H groups in total. The molecule has 0 amide bonds. The zero-order chi connectivity index (χ0) is 22.9. The second kappa shape index (κ2) is 8.84. The first-order valence-corrected chi connectivity index (χ1v) is 11.7. The molecule has 0 aliphatic heterocycles. The standard InChI is InChI=1S/C25H19ClN4O2S/c1-15-11-12-17(13-16(15)2)30-24(31)19-8-4-6-10-21(19)27-25(30)33-14-22-28-29-23(32-22)18-7-3-5-9-20(18)26/h3-13H,14H2,1-2H3. The molecule has 6 nitrogen and oxygen atoms in total. The van der Waals surface area contributed by atoms with Crippen LogP contribution in [-0.2, 0) is 5.75 Å². The number of thioether (sulfide) groups is 1. The van der Waals surface area contributed by atoms with Crippen molar-refractivity contribution >= 4 is 34.3 Å². The number of nitrogens with zero attached hydrogens (tertiary/aromatic N) is 4. The summed E-state index contributed by atoms with van der Waals surface area (Å²) in [4.78, 5) is 18.2.